The Hall–Kier alpha value is -0.900. The highest BCUT2D eigenvalue weighted by atomic mass is 16.5. The molecule has 2 aliphatic rings. The van der Waals surface area contributed by atoms with Crippen LogP contribution >= 0.6 is 0 Å². The third kappa shape index (κ3) is 2.42. The van der Waals surface area contributed by atoms with Gasteiger partial charge in [-0.2, -0.15) is 0 Å². The normalized spacial score (nSPS) is 29.2. The second-order valence-corrected chi connectivity index (χ2v) is 5.90. The van der Waals surface area contributed by atoms with Gasteiger partial charge in [0.1, 0.15) is 12.2 Å². The molecular formula is C16H23NO2. The van der Waals surface area contributed by atoms with Crippen LogP contribution in [0.15, 0.2) is 18.2 Å². The summed E-state index contributed by atoms with van der Waals surface area (Å²) in [5.74, 6) is 0. The number of benzene rings is 1. The Kier molecular flexibility index (Phi) is 3.61. The van der Waals surface area contributed by atoms with Crippen LogP contribution in [0.5, 0.6) is 0 Å². The Balaban J connectivity index is 1.76. The molecule has 104 valence electrons. The van der Waals surface area contributed by atoms with E-state index >= 15 is 0 Å². The maximum atomic E-state index is 10.6. The topological polar surface area (TPSA) is 32.7 Å². The molecule has 1 aromatic carbocycles. The molecule has 0 spiro atoms. The Morgan fingerprint density at radius 1 is 1.37 bits per heavy atom. The van der Waals surface area contributed by atoms with Crippen molar-refractivity contribution in [2.24, 2.45) is 0 Å². The van der Waals surface area contributed by atoms with E-state index in [4.69, 9.17) is 4.74 Å². The van der Waals surface area contributed by atoms with Crippen molar-refractivity contribution in [3.8, 4) is 0 Å². The van der Waals surface area contributed by atoms with E-state index in [0.717, 1.165) is 25.3 Å². The number of fused-ring (bicyclic) bond motifs is 1. The quantitative estimate of drug-likeness (QED) is 0.886. The Morgan fingerprint density at radius 3 is 3.05 bits per heavy atom. The maximum absolute atomic E-state index is 10.6. The van der Waals surface area contributed by atoms with E-state index in [2.05, 4.69) is 24.8 Å². The molecule has 0 radical (unpaired) electrons. The van der Waals surface area contributed by atoms with Gasteiger partial charge in [0.15, 0.2) is 0 Å². The van der Waals surface area contributed by atoms with Crippen LogP contribution in [-0.4, -0.2) is 41.8 Å². The van der Waals surface area contributed by atoms with Crippen molar-refractivity contribution in [1.29, 1.82) is 0 Å². The predicted molar refractivity (Wildman–Crippen MR) is 75.2 cm³/mol. The second-order valence-electron chi connectivity index (χ2n) is 5.90. The van der Waals surface area contributed by atoms with Crippen LogP contribution in [0.1, 0.15) is 35.6 Å². The summed E-state index contributed by atoms with van der Waals surface area (Å²) in [5.41, 5.74) is 3.43. The molecule has 0 aromatic heterocycles. The van der Waals surface area contributed by atoms with Crippen LogP contribution < -0.4 is 0 Å². The average Bonchev–Trinajstić information content (AvgIpc) is 2.88. The van der Waals surface area contributed by atoms with E-state index in [9.17, 15) is 5.11 Å². The van der Waals surface area contributed by atoms with Crippen molar-refractivity contribution in [3.63, 3.8) is 0 Å². The van der Waals surface area contributed by atoms with Gasteiger partial charge in [0.2, 0.25) is 0 Å². The van der Waals surface area contributed by atoms with Gasteiger partial charge in [0, 0.05) is 12.6 Å². The van der Waals surface area contributed by atoms with E-state index in [-0.39, 0.29) is 6.10 Å². The number of aliphatic hydroxyl groups is 1. The summed E-state index contributed by atoms with van der Waals surface area (Å²) < 4.78 is 5.91. The van der Waals surface area contributed by atoms with Gasteiger partial charge < -0.3 is 9.84 Å². The van der Waals surface area contributed by atoms with Gasteiger partial charge in [0.05, 0.1) is 6.61 Å². The zero-order chi connectivity index (χ0) is 13.4. The minimum absolute atomic E-state index is 0.0881. The largest absolute Gasteiger partial charge is 0.386 e. The summed E-state index contributed by atoms with van der Waals surface area (Å²) in [4.78, 5) is 2.47. The van der Waals surface area contributed by atoms with Crippen molar-refractivity contribution >= 4 is 0 Å². The molecule has 2 heterocycles. The lowest BCUT2D eigenvalue weighted by Gasteiger charge is -2.37. The van der Waals surface area contributed by atoms with E-state index in [1.807, 2.05) is 12.1 Å². The first-order chi connectivity index (χ1) is 9.16. The summed E-state index contributed by atoms with van der Waals surface area (Å²) in [5, 5.41) is 10.6. The molecule has 3 rings (SSSR count). The summed E-state index contributed by atoms with van der Waals surface area (Å²) in [6.45, 7) is 6.95. The summed E-state index contributed by atoms with van der Waals surface area (Å²) in [6.07, 6.45) is 1.91. The number of rotatable bonds is 2. The van der Waals surface area contributed by atoms with Gasteiger partial charge in [-0.3, -0.25) is 4.90 Å². The minimum atomic E-state index is -0.513. The third-order valence-electron chi connectivity index (χ3n) is 4.73. The lowest BCUT2D eigenvalue weighted by molar-refractivity contribution is -0.104. The van der Waals surface area contributed by atoms with E-state index < -0.39 is 6.10 Å². The molecule has 19 heavy (non-hydrogen) atoms. The monoisotopic (exact) mass is 261 g/mol. The molecule has 0 bridgehead atoms. The van der Waals surface area contributed by atoms with Crippen molar-refractivity contribution < 1.29 is 9.84 Å². The average molecular weight is 261 g/mol. The fourth-order valence-corrected chi connectivity index (χ4v) is 3.33. The summed E-state index contributed by atoms with van der Waals surface area (Å²) in [6, 6.07) is 6.71. The molecule has 2 fully saturated rings. The Bertz CT molecular complexity index is 460. The molecule has 0 amide bonds. The van der Waals surface area contributed by atoms with Crippen molar-refractivity contribution in [3.05, 3.63) is 34.9 Å². The molecule has 2 aliphatic heterocycles. The van der Waals surface area contributed by atoms with Gasteiger partial charge in [-0.15, -0.1) is 0 Å². The predicted octanol–water partition coefficient (Wildman–Crippen LogP) is 2.20. The molecule has 1 aromatic rings. The first-order valence-corrected chi connectivity index (χ1v) is 7.26. The highest BCUT2D eigenvalue weighted by molar-refractivity contribution is 5.35. The van der Waals surface area contributed by atoms with Crippen LogP contribution in [0.3, 0.4) is 0 Å². The van der Waals surface area contributed by atoms with Crippen molar-refractivity contribution in [2.45, 2.75) is 44.9 Å². The molecule has 0 aliphatic carbocycles. The highest BCUT2D eigenvalue weighted by Gasteiger charge is 2.36. The number of aliphatic hydroxyl groups excluding tert-OH is 1. The number of nitrogens with zero attached hydrogens (tertiary/aromatic N) is 1. The molecule has 3 heteroatoms. The highest BCUT2D eigenvalue weighted by Crippen LogP contribution is 2.30. The van der Waals surface area contributed by atoms with Crippen LogP contribution in [0, 0.1) is 13.8 Å². The number of morpholine rings is 1. The number of aryl methyl sites for hydroxylation is 1. The minimum Gasteiger partial charge on any atom is -0.386 e. The lowest BCUT2D eigenvalue weighted by atomic mass is 9.95. The zero-order valence-corrected chi connectivity index (χ0v) is 11.8. The smallest absolute Gasteiger partial charge is 0.107 e. The number of ether oxygens (including phenoxy) is 1. The van der Waals surface area contributed by atoms with Crippen molar-refractivity contribution in [1.82, 2.24) is 4.90 Å². The summed E-state index contributed by atoms with van der Waals surface area (Å²) >= 11 is 0. The SMILES string of the molecule is Cc1cccc(C(O)C2CN3CCCC3CO2)c1C. The number of hydrogen-bond donors (Lipinski definition) is 1. The van der Waals surface area contributed by atoms with Crippen LogP contribution in [-0.2, 0) is 4.74 Å². The van der Waals surface area contributed by atoms with Gasteiger partial charge in [0.25, 0.3) is 0 Å². The van der Waals surface area contributed by atoms with Gasteiger partial charge in [-0.05, 0) is 49.9 Å². The lowest BCUT2D eigenvalue weighted by Crippen LogP contribution is -2.48. The molecule has 0 saturated carbocycles. The first kappa shape index (κ1) is 13.1. The van der Waals surface area contributed by atoms with Crippen molar-refractivity contribution in [2.75, 3.05) is 19.7 Å². The van der Waals surface area contributed by atoms with E-state index in [1.165, 1.54) is 24.0 Å². The van der Waals surface area contributed by atoms with E-state index in [1.54, 1.807) is 0 Å². The molecule has 2 saturated heterocycles. The molecule has 3 nitrogen and oxygen atoms in total. The zero-order valence-electron chi connectivity index (χ0n) is 11.8. The van der Waals surface area contributed by atoms with Gasteiger partial charge in [-0.25, -0.2) is 0 Å². The van der Waals surface area contributed by atoms with Crippen LogP contribution in [0.4, 0.5) is 0 Å². The van der Waals surface area contributed by atoms with Crippen LogP contribution in [0.25, 0.3) is 0 Å². The van der Waals surface area contributed by atoms with Gasteiger partial charge in [-0.1, -0.05) is 18.2 Å². The molecule has 3 atom stereocenters. The van der Waals surface area contributed by atoms with Gasteiger partial charge >= 0.3 is 0 Å². The van der Waals surface area contributed by atoms with E-state index in [0.29, 0.717) is 6.04 Å². The van der Waals surface area contributed by atoms with Crippen LogP contribution in [0.2, 0.25) is 0 Å². The third-order valence-corrected chi connectivity index (χ3v) is 4.73. The fourth-order valence-electron chi connectivity index (χ4n) is 3.33. The summed E-state index contributed by atoms with van der Waals surface area (Å²) in [7, 11) is 0. The molecular weight excluding hydrogens is 238 g/mol. The fraction of sp³-hybridized carbons (Fsp3) is 0.625. The molecule has 3 unspecified atom stereocenters. The number of hydrogen-bond acceptors (Lipinski definition) is 3. The Labute approximate surface area is 115 Å². The first-order valence-electron chi connectivity index (χ1n) is 7.26. The second kappa shape index (κ2) is 5.23. The standard InChI is InChI=1S/C16H23NO2/c1-11-5-3-7-14(12(11)2)16(18)15-9-17-8-4-6-13(17)10-19-15/h3,5,7,13,15-16,18H,4,6,8-10H2,1-2H3. The maximum Gasteiger partial charge on any atom is 0.107 e. The molecule has 1 N–H and O–H groups in total. The Morgan fingerprint density at radius 2 is 2.21 bits per heavy atom.